The number of phosphoric acid groups is 1. The molecule has 0 heterocycles. The van der Waals surface area contributed by atoms with E-state index in [1.54, 1.807) is 0 Å². The largest absolute Gasteiger partial charge is 0.480 e. The molecule has 3 unspecified atom stereocenters. The topological polar surface area (TPSA) is 172 Å². The minimum atomic E-state index is -4.72. The van der Waals surface area contributed by atoms with Crippen LogP contribution in [0, 0.1) is 0 Å². The van der Waals surface area contributed by atoms with E-state index in [1.165, 1.54) is 44.9 Å². The van der Waals surface area contributed by atoms with Gasteiger partial charge in [0.15, 0.2) is 6.10 Å². The number of carbonyl (C=O) groups excluding carboxylic acids is 2. The molecular formula is C42H74NO10P. The second-order valence-electron chi connectivity index (χ2n) is 13.8. The van der Waals surface area contributed by atoms with Gasteiger partial charge in [-0.05, 0) is 77.0 Å². The van der Waals surface area contributed by atoms with Crippen LogP contribution in [-0.4, -0.2) is 59.9 Å². The van der Waals surface area contributed by atoms with E-state index in [1.807, 2.05) is 0 Å². The summed E-state index contributed by atoms with van der Waals surface area (Å²) >= 11 is 0. The maximum absolute atomic E-state index is 12.6. The van der Waals surface area contributed by atoms with E-state index in [0.717, 1.165) is 83.5 Å². The first kappa shape index (κ1) is 51.4. The number of rotatable bonds is 38. The average molecular weight is 784 g/mol. The van der Waals surface area contributed by atoms with Crippen molar-refractivity contribution in [3.63, 3.8) is 0 Å². The normalized spacial score (nSPS) is 14.3. The van der Waals surface area contributed by atoms with Crippen LogP contribution in [0.4, 0.5) is 0 Å². The van der Waals surface area contributed by atoms with Crippen molar-refractivity contribution in [3.8, 4) is 0 Å². The maximum Gasteiger partial charge on any atom is 0.472 e. The summed E-state index contributed by atoms with van der Waals surface area (Å²) in [5, 5.41) is 8.87. The van der Waals surface area contributed by atoms with Crippen molar-refractivity contribution in [1.29, 1.82) is 0 Å². The Kier molecular flexibility index (Phi) is 35.6. The molecule has 0 fully saturated rings. The van der Waals surface area contributed by atoms with Gasteiger partial charge in [0, 0.05) is 12.8 Å². The number of ether oxygens (including phenoxy) is 2. The van der Waals surface area contributed by atoms with Gasteiger partial charge in [0.2, 0.25) is 0 Å². The number of hydrogen-bond donors (Lipinski definition) is 3. The molecule has 0 radical (unpaired) electrons. The first-order valence-corrected chi connectivity index (χ1v) is 22.2. The van der Waals surface area contributed by atoms with E-state index in [4.69, 9.17) is 24.8 Å². The number of allylic oxidation sites excluding steroid dienone is 8. The number of unbranched alkanes of at least 4 members (excludes halogenated alkanes) is 16. The van der Waals surface area contributed by atoms with Crippen molar-refractivity contribution in [2.45, 2.75) is 180 Å². The van der Waals surface area contributed by atoms with E-state index in [2.05, 4.69) is 67.0 Å². The number of esters is 2. The zero-order chi connectivity index (χ0) is 40.0. The third-order valence-corrected chi connectivity index (χ3v) is 9.50. The highest BCUT2D eigenvalue weighted by Crippen LogP contribution is 2.43. The molecule has 0 aliphatic heterocycles. The molecule has 11 nitrogen and oxygen atoms in total. The van der Waals surface area contributed by atoms with E-state index in [9.17, 15) is 23.8 Å². The Morgan fingerprint density at radius 2 is 0.981 bits per heavy atom. The highest BCUT2D eigenvalue weighted by atomic mass is 31.2. The first-order valence-electron chi connectivity index (χ1n) is 20.7. The molecule has 54 heavy (non-hydrogen) atoms. The number of phosphoric ester groups is 1. The Morgan fingerprint density at radius 3 is 1.52 bits per heavy atom. The van der Waals surface area contributed by atoms with Crippen molar-refractivity contribution >= 4 is 25.7 Å². The van der Waals surface area contributed by atoms with Gasteiger partial charge in [0.1, 0.15) is 12.6 Å². The molecule has 0 saturated carbocycles. The fourth-order valence-corrected chi connectivity index (χ4v) is 6.02. The summed E-state index contributed by atoms with van der Waals surface area (Å²) in [5.74, 6) is -2.42. The Morgan fingerprint density at radius 1 is 0.574 bits per heavy atom. The number of aliphatic carboxylic acids is 1. The predicted octanol–water partition coefficient (Wildman–Crippen LogP) is 10.6. The highest BCUT2D eigenvalue weighted by Gasteiger charge is 2.28. The van der Waals surface area contributed by atoms with Gasteiger partial charge in [-0.15, -0.1) is 0 Å². The molecule has 0 saturated heterocycles. The number of carbonyl (C=O) groups is 3. The lowest BCUT2D eigenvalue weighted by Gasteiger charge is -2.20. The average Bonchev–Trinajstić information content (AvgIpc) is 3.14. The van der Waals surface area contributed by atoms with Gasteiger partial charge in [-0.25, -0.2) is 4.57 Å². The van der Waals surface area contributed by atoms with Gasteiger partial charge in [-0.1, -0.05) is 127 Å². The minimum Gasteiger partial charge on any atom is -0.480 e. The monoisotopic (exact) mass is 784 g/mol. The third kappa shape index (κ3) is 36.4. The summed E-state index contributed by atoms with van der Waals surface area (Å²) in [6.07, 6.45) is 40.3. The van der Waals surface area contributed by atoms with Crippen LogP contribution in [0.5, 0.6) is 0 Å². The smallest absolute Gasteiger partial charge is 0.472 e. The Balaban J connectivity index is 4.46. The van der Waals surface area contributed by atoms with Gasteiger partial charge >= 0.3 is 25.7 Å². The first-order chi connectivity index (χ1) is 26.1. The summed E-state index contributed by atoms with van der Waals surface area (Å²) in [7, 11) is -4.72. The van der Waals surface area contributed by atoms with Crippen molar-refractivity contribution in [1.82, 2.24) is 0 Å². The SMILES string of the molecule is CCCCCC=CCC=CCC=CCCCCCCC(=O)OC(COC(=O)CCCCCCCC=CCCCCCC)COP(=O)(O)OCC(N)C(=O)O. The lowest BCUT2D eigenvalue weighted by molar-refractivity contribution is -0.161. The van der Waals surface area contributed by atoms with Gasteiger partial charge in [0.05, 0.1) is 13.2 Å². The van der Waals surface area contributed by atoms with E-state index < -0.39 is 51.1 Å². The van der Waals surface area contributed by atoms with Crippen molar-refractivity contribution in [2.24, 2.45) is 5.73 Å². The summed E-state index contributed by atoms with van der Waals surface area (Å²) in [5.41, 5.74) is 5.32. The van der Waals surface area contributed by atoms with Crippen LogP contribution in [0.15, 0.2) is 48.6 Å². The molecule has 0 aromatic carbocycles. The predicted molar refractivity (Wildman–Crippen MR) is 217 cm³/mol. The van der Waals surface area contributed by atoms with Gasteiger partial charge in [-0.3, -0.25) is 23.4 Å². The second kappa shape index (κ2) is 37.4. The second-order valence-corrected chi connectivity index (χ2v) is 15.2. The maximum atomic E-state index is 12.6. The zero-order valence-corrected chi connectivity index (χ0v) is 34.4. The number of carboxylic acid groups (broad SMARTS) is 1. The molecule has 3 atom stereocenters. The molecule has 12 heteroatoms. The fraction of sp³-hybridized carbons (Fsp3) is 0.738. The van der Waals surface area contributed by atoms with Gasteiger partial charge in [0.25, 0.3) is 0 Å². The molecule has 0 bridgehead atoms. The summed E-state index contributed by atoms with van der Waals surface area (Å²) in [6, 6.07) is -1.53. The molecule has 0 amide bonds. The van der Waals surface area contributed by atoms with Gasteiger partial charge < -0.3 is 25.2 Å². The van der Waals surface area contributed by atoms with Crippen molar-refractivity contribution < 1.29 is 47.5 Å². The summed E-state index contributed by atoms with van der Waals surface area (Å²) in [4.78, 5) is 45.8. The molecule has 312 valence electrons. The molecule has 0 aliphatic rings. The quantitative estimate of drug-likeness (QED) is 0.0235. The summed E-state index contributed by atoms with van der Waals surface area (Å²) in [6.45, 7) is 2.71. The zero-order valence-electron chi connectivity index (χ0n) is 33.6. The van der Waals surface area contributed by atoms with Crippen LogP contribution in [-0.2, 0) is 37.5 Å². The molecule has 4 N–H and O–H groups in total. The molecular weight excluding hydrogens is 709 g/mol. The van der Waals surface area contributed by atoms with E-state index in [0.29, 0.717) is 12.8 Å². The van der Waals surface area contributed by atoms with Crippen LogP contribution >= 0.6 is 7.82 Å². The minimum absolute atomic E-state index is 0.133. The lowest BCUT2D eigenvalue weighted by atomic mass is 10.1. The molecule has 0 aromatic rings. The third-order valence-electron chi connectivity index (χ3n) is 8.55. The number of nitrogens with two attached hydrogens (primary N) is 1. The van der Waals surface area contributed by atoms with Crippen LogP contribution in [0.2, 0.25) is 0 Å². The molecule has 0 spiro atoms. The van der Waals surface area contributed by atoms with Crippen LogP contribution < -0.4 is 5.73 Å². The van der Waals surface area contributed by atoms with Gasteiger partial charge in [-0.2, -0.15) is 0 Å². The molecule has 0 rings (SSSR count). The Labute approximate surface area is 326 Å². The number of hydrogen-bond acceptors (Lipinski definition) is 9. The molecule has 0 aliphatic carbocycles. The standard InChI is InChI=1S/C42H74NO10P/c1-3-5-7-9-11-13-15-17-18-19-20-22-24-26-28-30-32-34-41(45)53-38(36-51-54(48,49)52-37-39(43)42(46)47)35-50-40(44)33-31-29-27-25-23-21-16-14-12-10-8-6-4-2/h11,13-14,16-18,20,22,38-39H,3-10,12,15,19,21,23-37,43H2,1-2H3,(H,46,47)(H,48,49). The lowest BCUT2D eigenvalue weighted by Crippen LogP contribution is -2.34. The van der Waals surface area contributed by atoms with E-state index >= 15 is 0 Å². The van der Waals surface area contributed by atoms with Crippen molar-refractivity contribution in [3.05, 3.63) is 48.6 Å². The Bertz CT molecular complexity index is 1110. The highest BCUT2D eigenvalue weighted by molar-refractivity contribution is 7.47. The van der Waals surface area contributed by atoms with E-state index in [-0.39, 0.29) is 19.4 Å². The Hall–Kier alpha value is -2.56. The van der Waals surface area contributed by atoms with Crippen LogP contribution in [0.3, 0.4) is 0 Å². The summed E-state index contributed by atoms with van der Waals surface area (Å²) < 4.78 is 32.6. The van der Waals surface area contributed by atoms with Crippen LogP contribution in [0.25, 0.3) is 0 Å². The molecule has 0 aromatic heterocycles. The number of carboxylic acids is 1. The van der Waals surface area contributed by atoms with Crippen molar-refractivity contribution in [2.75, 3.05) is 19.8 Å². The van der Waals surface area contributed by atoms with Crippen LogP contribution in [0.1, 0.15) is 168 Å². The fourth-order valence-electron chi connectivity index (χ4n) is 5.24.